The molecule has 0 spiro atoms. The number of nitrogens with zero attached hydrogens (tertiary/aromatic N) is 1. The van der Waals surface area contributed by atoms with E-state index in [1.165, 1.54) is 19.3 Å². The van der Waals surface area contributed by atoms with E-state index in [9.17, 15) is 4.79 Å². The van der Waals surface area contributed by atoms with Crippen LogP contribution in [0.15, 0.2) is 47.5 Å². The van der Waals surface area contributed by atoms with Gasteiger partial charge in [0, 0.05) is 18.8 Å². The van der Waals surface area contributed by atoms with Gasteiger partial charge in [0.05, 0.1) is 13.3 Å². The van der Waals surface area contributed by atoms with Crippen LogP contribution in [0.25, 0.3) is 0 Å². The number of ether oxygens (including phenoxy) is 2. The second-order valence-electron chi connectivity index (χ2n) is 6.42. The Morgan fingerprint density at radius 1 is 1.12 bits per heavy atom. The minimum Gasteiger partial charge on any atom is -0.497 e. The first-order chi connectivity index (χ1) is 12.2. The maximum Gasteiger partial charge on any atom is 0.223 e. The molecule has 1 aromatic heterocycles. The van der Waals surface area contributed by atoms with Crippen molar-refractivity contribution in [3.05, 3.63) is 58.5 Å². The summed E-state index contributed by atoms with van der Waals surface area (Å²) >= 11 is 0. The van der Waals surface area contributed by atoms with Crippen molar-refractivity contribution in [3.8, 4) is 11.5 Å². The van der Waals surface area contributed by atoms with Gasteiger partial charge in [-0.25, -0.2) is 0 Å². The molecule has 1 aromatic carbocycles. The molecule has 0 aliphatic rings. The molecule has 136 valence electrons. The number of aromatic nitrogens is 1. The monoisotopic (exact) mass is 343 g/mol. The van der Waals surface area contributed by atoms with Crippen LogP contribution in [0.4, 0.5) is 0 Å². The van der Waals surface area contributed by atoms with E-state index < -0.39 is 0 Å². The highest BCUT2D eigenvalue weighted by Gasteiger charge is 2.08. The molecule has 0 radical (unpaired) electrons. The lowest BCUT2D eigenvalue weighted by molar-refractivity contribution is 0.297. The third kappa shape index (κ3) is 5.96. The molecule has 0 bridgehead atoms. The highest BCUT2D eigenvalue weighted by atomic mass is 16.5. The molecule has 0 aliphatic carbocycles. The van der Waals surface area contributed by atoms with Crippen LogP contribution in [-0.2, 0) is 13.2 Å². The standard InChI is InChI=1S/C21H29NO3/c1-4-6-7-17(5-2)14-22-13-12-20(23)21(15-22)25-16-18-8-10-19(24-3)11-9-18/h8-13,15,17H,4-7,14,16H2,1-3H3. The van der Waals surface area contributed by atoms with Gasteiger partial charge < -0.3 is 14.0 Å². The number of benzene rings is 1. The van der Waals surface area contributed by atoms with Gasteiger partial charge in [-0.2, -0.15) is 0 Å². The van der Waals surface area contributed by atoms with Gasteiger partial charge in [0.2, 0.25) is 5.43 Å². The van der Waals surface area contributed by atoms with Crippen molar-refractivity contribution in [3.63, 3.8) is 0 Å². The molecule has 0 N–H and O–H groups in total. The van der Waals surface area contributed by atoms with Gasteiger partial charge in [0.25, 0.3) is 0 Å². The quantitative estimate of drug-likeness (QED) is 0.630. The summed E-state index contributed by atoms with van der Waals surface area (Å²) in [5.41, 5.74) is 0.927. The predicted octanol–water partition coefficient (Wildman–Crippen LogP) is 4.65. The second-order valence-corrected chi connectivity index (χ2v) is 6.42. The van der Waals surface area contributed by atoms with E-state index in [2.05, 4.69) is 18.4 Å². The Kier molecular flexibility index (Phi) is 7.58. The SMILES string of the molecule is CCCCC(CC)Cn1ccc(=O)c(OCc2ccc(OC)cc2)c1. The van der Waals surface area contributed by atoms with Gasteiger partial charge in [-0.05, 0) is 30.0 Å². The third-order valence-electron chi connectivity index (χ3n) is 4.51. The van der Waals surface area contributed by atoms with Crippen molar-refractivity contribution >= 4 is 0 Å². The van der Waals surface area contributed by atoms with Gasteiger partial charge >= 0.3 is 0 Å². The van der Waals surface area contributed by atoms with Gasteiger partial charge in [-0.15, -0.1) is 0 Å². The van der Waals surface area contributed by atoms with E-state index in [0.717, 1.165) is 24.3 Å². The number of hydrogen-bond donors (Lipinski definition) is 0. The molecule has 2 aromatic rings. The predicted molar refractivity (Wildman–Crippen MR) is 101 cm³/mol. The summed E-state index contributed by atoms with van der Waals surface area (Å²) in [5, 5.41) is 0. The number of pyridine rings is 1. The average Bonchev–Trinajstić information content (AvgIpc) is 2.65. The van der Waals surface area contributed by atoms with E-state index in [1.54, 1.807) is 13.2 Å². The van der Waals surface area contributed by atoms with Crippen LogP contribution in [0.1, 0.15) is 45.1 Å². The molecule has 25 heavy (non-hydrogen) atoms. The minimum absolute atomic E-state index is 0.0774. The molecule has 4 nitrogen and oxygen atoms in total. The molecular formula is C21H29NO3. The van der Waals surface area contributed by atoms with Crippen LogP contribution in [0.3, 0.4) is 0 Å². The van der Waals surface area contributed by atoms with Gasteiger partial charge in [0.1, 0.15) is 12.4 Å². The zero-order valence-electron chi connectivity index (χ0n) is 15.5. The molecule has 1 atom stereocenters. The maximum absolute atomic E-state index is 12.1. The minimum atomic E-state index is -0.0774. The Morgan fingerprint density at radius 2 is 1.88 bits per heavy atom. The van der Waals surface area contributed by atoms with Crippen LogP contribution >= 0.6 is 0 Å². The first kappa shape index (κ1) is 19.1. The Labute approximate surface area is 150 Å². The number of rotatable bonds is 10. The fourth-order valence-corrected chi connectivity index (χ4v) is 2.82. The lowest BCUT2D eigenvalue weighted by atomic mass is 9.99. The second kappa shape index (κ2) is 9.92. The Bertz CT molecular complexity index is 691. The van der Waals surface area contributed by atoms with E-state index in [-0.39, 0.29) is 5.43 Å². The van der Waals surface area contributed by atoms with E-state index in [1.807, 2.05) is 36.7 Å². The Hall–Kier alpha value is -2.23. The largest absolute Gasteiger partial charge is 0.497 e. The topological polar surface area (TPSA) is 40.5 Å². The first-order valence-corrected chi connectivity index (χ1v) is 9.12. The lowest BCUT2D eigenvalue weighted by Gasteiger charge is -2.17. The molecular weight excluding hydrogens is 314 g/mol. The van der Waals surface area contributed by atoms with Crippen molar-refractivity contribution in [2.45, 2.75) is 52.7 Å². The summed E-state index contributed by atoms with van der Waals surface area (Å²) in [6.07, 6.45) is 8.53. The smallest absolute Gasteiger partial charge is 0.223 e. The molecule has 0 saturated heterocycles. The normalized spacial score (nSPS) is 12.0. The Balaban J connectivity index is 2.01. The summed E-state index contributed by atoms with van der Waals surface area (Å²) < 4.78 is 13.0. The summed E-state index contributed by atoms with van der Waals surface area (Å²) in [4.78, 5) is 12.1. The maximum atomic E-state index is 12.1. The average molecular weight is 343 g/mol. The van der Waals surface area contributed by atoms with Crippen LogP contribution in [0, 0.1) is 5.92 Å². The zero-order chi connectivity index (χ0) is 18.1. The molecule has 0 saturated carbocycles. The van der Waals surface area contributed by atoms with Crippen LogP contribution in [0.2, 0.25) is 0 Å². The van der Waals surface area contributed by atoms with E-state index in [4.69, 9.17) is 9.47 Å². The molecule has 2 rings (SSSR count). The van der Waals surface area contributed by atoms with Crippen molar-refractivity contribution in [1.82, 2.24) is 4.57 Å². The zero-order valence-corrected chi connectivity index (χ0v) is 15.5. The van der Waals surface area contributed by atoms with Crippen LogP contribution < -0.4 is 14.9 Å². The lowest BCUT2D eigenvalue weighted by Crippen LogP contribution is -2.14. The van der Waals surface area contributed by atoms with Gasteiger partial charge in [0.15, 0.2) is 5.75 Å². The summed E-state index contributed by atoms with van der Waals surface area (Å²) in [7, 11) is 1.64. The highest BCUT2D eigenvalue weighted by molar-refractivity contribution is 5.27. The highest BCUT2D eigenvalue weighted by Crippen LogP contribution is 2.17. The first-order valence-electron chi connectivity index (χ1n) is 9.12. The number of methoxy groups -OCH3 is 1. The third-order valence-corrected chi connectivity index (χ3v) is 4.51. The summed E-state index contributed by atoms with van der Waals surface area (Å²) in [6.45, 7) is 5.74. The van der Waals surface area contributed by atoms with Crippen molar-refractivity contribution < 1.29 is 9.47 Å². The molecule has 1 unspecified atom stereocenters. The van der Waals surface area contributed by atoms with E-state index in [0.29, 0.717) is 18.3 Å². The van der Waals surface area contributed by atoms with Gasteiger partial charge in [-0.3, -0.25) is 4.79 Å². The fourth-order valence-electron chi connectivity index (χ4n) is 2.82. The molecule has 4 heteroatoms. The molecule has 0 aliphatic heterocycles. The van der Waals surface area contributed by atoms with Crippen LogP contribution in [-0.4, -0.2) is 11.7 Å². The van der Waals surface area contributed by atoms with Crippen molar-refractivity contribution in [2.75, 3.05) is 7.11 Å². The Morgan fingerprint density at radius 3 is 2.52 bits per heavy atom. The van der Waals surface area contributed by atoms with Gasteiger partial charge in [-0.1, -0.05) is 45.2 Å². The number of hydrogen-bond acceptors (Lipinski definition) is 3. The molecule has 0 amide bonds. The summed E-state index contributed by atoms with van der Waals surface area (Å²) in [6, 6.07) is 9.26. The fraction of sp³-hybridized carbons (Fsp3) is 0.476. The van der Waals surface area contributed by atoms with Crippen molar-refractivity contribution in [2.24, 2.45) is 5.92 Å². The molecule has 0 fully saturated rings. The number of unbranched alkanes of at least 4 members (excludes halogenated alkanes) is 1. The van der Waals surface area contributed by atoms with Crippen LogP contribution in [0.5, 0.6) is 11.5 Å². The van der Waals surface area contributed by atoms with E-state index >= 15 is 0 Å². The summed E-state index contributed by atoms with van der Waals surface area (Å²) in [5.74, 6) is 1.85. The molecule has 1 heterocycles. The van der Waals surface area contributed by atoms with Crippen molar-refractivity contribution in [1.29, 1.82) is 0 Å².